The molecule has 0 radical (unpaired) electrons. The lowest BCUT2D eigenvalue weighted by Crippen LogP contribution is -2.49. The van der Waals surface area contributed by atoms with Crippen LogP contribution in [0.5, 0.6) is 0 Å². The molecule has 2 unspecified atom stereocenters. The van der Waals surface area contributed by atoms with Gasteiger partial charge in [0.1, 0.15) is 22.1 Å². The first-order valence-corrected chi connectivity index (χ1v) is 9.08. The third-order valence-corrected chi connectivity index (χ3v) is 4.22. The number of anilines is 1. The number of amides is 1. The second kappa shape index (κ2) is 7.91. The molecule has 0 aliphatic heterocycles. The van der Waals surface area contributed by atoms with Crippen LogP contribution in [0.4, 0.5) is 25.0 Å². The van der Waals surface area contributed by atoms with E-state index in [1.807, 2.05) is 0 Å². The molecular formula is C16H21BrF2N4O4. The molecule has 2 N–H and O–H groups in total. The van der Waals surface area contributed by atoms with Gasteiger partial charge in [0.25, 0.3) is 5.92 Å². The van der Waals surface area contributed by atoms with Crippen LogP contribution in [-0.4, -0.2) is 39.6 Å². The van der Waals surface area contributed by atoms with Gasteiger partial charge < -0.3 is 15.4 Å². The molecule has 0 bridgehead atoms. The molecule has 8 nitrogen and oxygen atoms in total. The number of alkyl halides is 2. The smallest absolute Gasteiger partial charge is 0.407 e. The SMILES string of the molecule is CC(C)(C)OC(=O)NC1CC(Nc2cc(Br)ncc2[N+](=O)[O-])CC(F)(F)C1. The first-order chi connectivity index (χ1) is 12.3. The number of nitrogens with zero attached hydrogens (tertiary/aromatic N) is 2. The van der Waals surface area contributed by atoms with Gasteiger partial charge in [-0.3, -0.25) is 10.1 Å². The lowest BCUT2D eigenvalue weighted by molar-refractivity contribution is -0.384. The number of pyridine rings is 1. The zero-order chi connectivity index (χ0) is 20.4. The Kier molecular flexibility index (Phi) is 6.23. The molecule has 1 amide bonds. The first-order valence-electron chi connectivity index (χ1n) is 8.28. The summed E-state index contributed by atoms with van der Waals surface area (Å²) >= 11 is 3.11. The number of ether oxygens (including phenoxy) is 1. The van der Waals surface area contributed by atoms with Crippen molar-refractivity contribution in [2.45, 2.75) is 63.6 Å². The number of carbonyl (C=O) groups is 1. The minimum absolute atomic E-state index is 0.0839. The zero-order valence-corrected chi connectivity index (χ0v) is 16.7. The molecule has 0 saturated heterocycles. The molecule has 2 atom stereocenters. The second-order valence-corrected chi connectivity index (χ2v) is 8.28. The fourth-order valence-corrected chi connectivity index (χ4v) is 3.24. The van der Waals surface area contributed by atoms with Gasteiger partial charge in [0.2, 0.25) is 0 Å². The van der Waals surface area contributed by atoms with Gasteiger partial charge in [-0.2, -0.15) is 0 Å². The molecule has 1 aromatic rings. The molecule has 11 heteroatoms. The predicted molar refractivity (Wildman–Crippen MR) is 98.0 cm³/mol. The number of carbonyl (C=O) groups excluding carboxylic acids is 1. The van der Waals surface area contributed by atoms with Crippen LogP contribution in [0.1, 0.15) is 40.0 Å². The van der Waals surface area contributed by atoms with Crippen molar-refractivity contribution < 1.29 is 23.2 Å². The molecule has 27 heavy (non-hydrogen) atoms. The van der Waals surface area contributed by atoms with Crippen LogP contribution >= 0.6 is 15.9 Å². The van der Waals surface area contributed by atoms with Gasteiger partial charge in [-0.1, -0.05) is 0 Å². The maximum absolute atomic E-state index is 14.1. The molecule has 0 aromatic carbocycles. The van der Waals surface area contributed by atoms with Crippen LogP contribution in [0.2, 0.25) is 0 Å². The van der Waals surface area contributed by atoms with Crippen LogP contribution in [0.15, 0.2) is 16.9 Å². The molecule has 1 aromatic heterocycles. The average Bonchev–Trinajstić information content (AvgIpc) is 2.42. The summed E-state index contributed by atoms with van der Waals surface area (Å²) in [5, 5.41) is 16.4. The van der Waals surface area contributed by atoms with Crippen molar-refractivity contribution in [2.24, 2.45) is 0 Å². The number of alkyl carbamates (subject to hydrolysis) is 1. The lowest BCUT2D eigenvalue weighted by Gasteiger charge is -2.36. The predicted octanol–water partition coefficient (Wildman–Crippen LogP) is 4.25. The van der Waals surface area contributed by atoms with Gasteiger partial charge in [-0.15, -0.1) is 0 Å². The fourth-order valence-electron chi connectivity index (χ4n) is 2.91. The number of halogens is 3. The van der Waals surface area contributed by atoms with Crippen molar-refractivity contribution in [1.29, 1.82) is 0 Å². The van der Waals surface area contributed by atoms with Crippen LogP contribution < -0.4 is 10.6 Å². The quantitative estimate of drug-likeness (QED) is 0.403. The Morgan fingerprint density at radius 2 is 2.04 bits per heavy atom. The molecule has 1 fully saturated rings. The Hall–Kier alpha value is -2.04. The lowest BCUT2D eigenvalue weighted by atomic mass is 9.88. The summed E-state index contributed by atoms with van der Waals surface area (Å²) in [4.78, 5) is 26.2. The van der Waals surface area contributed by atoms with Crippen LogP contribution in [0.25, 0.3) is 0 Å². The topological polar surface area (TPSA) is 106 Å². The van der Waals surface area contributed by atoms with Gasteiger partial charge in [-0.25, -0.2) is 18.6 Å². The Morgan fingerprint density at radius 1 is 1.41 bits per heavy atom. The summed E-state index contributed by atoms with van der Waals surface area (Å²) in [5.74, 6) is -3.03. The molecule has 1 aliphatic rings. The number of aromatic nitrogens is 1. The minimum Gasteiger partial charge on any atom is -0.444 e. The minimum atomic E-state index is -3.03. The molecule has 1 aliphatic carbocycles. The highest BCUT2D eigenvalue weighted by Crippen LogP contribution is 2.36. The number of nitro groups is 1. The normalized spacial score (nSPS) is 22.0. The maximum Gasteiger partial charge on any atom is 0.407 e. The number of nitrogens with one attached hydrogen (secondary N) is 2. The highest BCUT2D eigenvalue weighted by molar-refractivity contribution is 9.10. The van der Waals surface area contributed by atoms with E-state index in [2.05, 4.69) is 31.5 Å². The van der Waals surface area contributed by atoms with Crippen molar-refractivity contribution >= 4 is 33.4 Å². The Balaban J connectivity index is 2.12. The van der Waals surface area contributed by atoms with E-state index in [4.69, 9.17) is 4.74 Å². The van der Waals surface area contributed by atoms with E-state index in [1.54, 1.807) is 20.8 Å². The summed E-state index contributed by atoms with van der Waals surface area (Å²) in [5.41, 5.74) is -0.979. The van der Waals surface area contributed by atoms with Gasteiger partial charge >= 0.3 is 11.8 Å². The fraction of sp³-hybridized carbons (Fsp3) is 0.625. The largest absolute Gasteiger partial charge is 0.444 e. The molecule has 2 rings (SSSR count). The van der Waals surface area contributed by atoms with Crippen LogP contribution in [0, 0.1) is 10.1 Å². The number of hydrogen-bond acceptors (Lipinski definition) is 6. The van der Waals surface area contributed by atoms with Gasteiger partial charge in [0, 0.05) is 31.0 Å². The maximum atomic E-state index is 14.1. The molecule has 1 saturated carbocycles. The third kappa shape index (κ3) is 6.56. The van der Waals surface area contributed by atoms with Crippen molar-refractivity contribution in [3.8, 4) is 0 Å². The van der Waals surface area contributed by atoms with E-state index in [1.165, 1.54) is 6.07 Å². The Morgan fingerprint density at radius 3 is 2.63 bits per heavy atom. The van der Waals surface area contributed by atoms with Crippen molar-refractivity contribution in [3.05, 3.63) is 27.0 Å². The van der Waals surface area contributed by atoms with E-state index >= 15 is 0 Å². The highest BCUT2D eigenvalue weighted by Gasteiger charge is 2.42. The number of hydrogen-bond donors (Lipinski definition) is 2. The summed E-state index contributed by atoms with van der Waals surface area (Å²) in [6, 6.07) is -0.242. The summed E-state index contributed by atoms with van der Waals surface area (Å²) in [6.45, 7) is 5.02. The molecule has 0 spiro atoms. The summed E-state index contributed by atoms with van der Waals surface area (Å²) < 4.78 is 33.7. The molecule has 1 heterocycles. The summed E-state index contributed by atoms with van der Waals surface area (Å²) in [7, 11) is 0. The van der Waals surface area contributed by atoms with E-state index < -0.39 is 47.5 Å². The highest BCUT2D eigenvalue weighted by atomic mass is 79.9. The molecule has 150 valence electrons. The van der Waals surface area contributed by atoms with E-state index in [-0.39, 0.29) is 17.8 Å². The number of rotatable bonds is 4. The van der Waals surface area contributed by atoms with Crippen LogP contribution in [-0.2, 0) is 4.74 Å². The van der Waals surface area contributed by atoms with E-state index in [9.17, 15) is 23.7 Å². The Bertz CT molecular complexity index is 727. The summed E-state index contributed by atoms with van der Waals surface area (Å²) in [6.07, 6.45) is -0.583. The first kappa shape index (κ1) is 21.3. The monoisotopic (exact) mass is 450 g/mol. The van der Waals surface area contributed by atoms with E-state index in [0.717, 1.165) is 6.20 Å². The average molecular weight is 451 g/mol. The Labute approximate surface area is 163 Å². The van der Waals surface area contributed by atoms with Crippen LogP contribution in [0.3, 0.4) is 0 Å². The van der Waals surface area contributed by atoms with Gasteiger partial charge in [0.05, 0.1) is 4.92 Å². The van der Waals surface area contributed by atoms with Crippen molar-refractivity contribution in [3.63, 3.8) is 0 Å². The van der Waals surface area contributed by atoms with Crippen molar-refractivity contribution in [2.75, 3.05) is 5.32 Å². The van der Waals surface area contributed by atoms with E-state index in [0.29, 0.717) is 4.60 Å². The molecular weight excluding hydrogens is 430 g/mol. The van der Waals surface area contributed by atoms with Crippen molar-refractivity contribution in [1.82, 2.24) is 10.3 Å². The second-order valence-electron chi connectivity index (χ2n) is 7.47. The van der Waals surface area contributed by atoms with Gasteiger partial charge in [0.15, 0.2) is 0 Å². The van der Waals surface area contributed by atoms with Gasteiger partial charge in [-0.05, 0) is 43.1 Å². The zero-order valence-electron chi connectivity index (χ0n) is 15.1. The third-order valence-electron chi connectivity index (χ3n) is 3.79. The standard InChI is InChI=1S/C16H21BrF2N4O4/c1-15(2,3)27-14(24)22-10-4-9(6-16(18,19)7-10)21-11-5-13(17)20-8-12(11)23(25)26/h5,8-10H,4,6-7H2,1-3H3,(H,20,21)(H,22,24).